The Morgan fingerprint density at radius 2 is 2.31 bits per heavy atom. The highest BCUT2D eigenvalue weighted by Gasteiger charge is 2.27. The maximum atomic E-state index is 5.88. The second-order valence-corrected chi connectivity index (χ2v) is 4.63. The van der Waals surface area contributed by atoms with Gasteiger partial charge in [-0.05, 0) is 52.7 Å². The maximum absolute atomic E-state index is 5.88. The number of aromatic nitrogens is 1. The standard InChI is InChI=1S/C10H13BrN2/c11-9-4-7(5-13-6-9)3-8-1-2-10(8)12/h4-6,8,10H,1-3,12H2. The van der Waals surface area contributed by atoms with Crippen LogP contribution in [0.15, 0.2) is 22.9 Å². The minimum Gasteiger partial charge on any atom is -0.327 e. The van der Waals surface area contributed by atoms with E-state index in [-0.39, 0.29) is 0 Å². The van der Waals surface area contributed by atoms with Gasteiger partial charge in [-0.15, -0.1) is 0 Å². The summed E-state index contributed by atoms with van der Waals surface area (Å²) in [6.07, 6.45) is 7.27. The number of nitrogens with zero attached hydrogens (tertiary/aromatic N) is 1. The normalized spacial score (nSPS) is 26.9. The van der Waals surface area contributed by atoms with Gasteiger partial charge < -0.3 is 5.73 Å². The van der Waals surface area contributed by atoms with E-state index in [9.17, 15) is 0 Å². The Morgan fingerprint density at radius 3 is 2.85 bits per heavy atom. The van der Waals surface area contributed by atoms with Crippen LogP contribution in [-0.4, -0.2) is 11.0 Å². The Hall–Kier alpha value is -0.410. The molecule has 0 radical (unpaired) electrons. The molecular formula is C10H13BrN2. The van der Waals surface area contributed by atoms with Gasteiger partial charge in [0.2, 0.25) is 0 Å². The third-order valence-electron chi connectivity index (χ3n) is 2.74. The fourth-order valence-electron chi connectivity index (χ4n) is 1.72. The van der Waals surface area contributed by atoms with Crippen molar-refractivity contribution >= 4 is 15.9 Å². The molecule has 2 unspecified atom stereocenters. The first-order valence-corrected chi connectivity index (χ1v) is 5.40. The minimum absolute atomic E-state index is 0.416. The SMILES string of the molecule is NC1CCC1Cc1cncc(Br)c1. The molecule has 70 valence electrons. The van der Waals surface area contributed by atoms with Crippen LogP contribution in [0.25, 0.3) is 0 Å². The molecule has 0 aliphatic heterocycles. The van der Waals surface area contributed by atoms with Crippen molar-refractivity contribution in [3.05, 3.63) is 28.5 Å². The van der Waals surface area contributed by atoms with Crippen LogP contribution >= 0.6 is 15.9 Å². The Bertz CT molecular complexity index is 301. The number of nitrogens with two attached hydrogens (primary N) is 1. The van der Waals surface area contributed by atoms with E-state index >= 15 is 0 Å². The summed E-state index contributed by atoms with van der Waals surface area (Å²) >= 11 is 3.41. The van der Waals surface area contributed by atoms with E-state index in [1.54, 1.807) is 0 Å². The average Bonchev–Trinajstić information content (AvgIpc) is 2.12. The Kier molecular flexibility index (Phi) is 2.65. The van der Waals surface area contributed by atoms with Crippen molar-refractivity contribution in [1.29, 1.82) is 0 Å². The molecule has 3 heteroatoms. The van der Waals surface area contributed by atoms with Gasteiger partial charge in [0.25, 0.3) is 0 Å². The lowest BCUT2D eigenvalue weighted by atomic mass is 9.77. The molecule has 1 fully saturated rings. The molecule has 1 aromatic rings. The summed E-state index contributed by atoms with van der Waals surface area (Å²) in [5.74, 6) is 0.677. The van der Waals surface area contributed by atoms with E-state index < -0.39 is 0 Å². The Morgan fingerprint density at radius 1 is 1.46 bits per heavy atom. The van der Waals surface area contributed by atoms with Gasteiger partial charge >= 0.3 is 0 Å². The van der Waals surface area contributed by atoms with Crippen LogP contribution in [0, 0.1) is 5.92 Å². The molecular weight excluding hydrogens is 228 g/mol. The topological polar surface area (TPSA) is 38.9 Å². The number of pyridine rings is 1. The van der Waals surface area contributed by atoms with Gasteiger partial charge in [0.1, 0.15) is 0 Å². The van der Waals surface area contributed by atoms with Gasteiger partial charge in [0, 0.05) is 22.9 Å². The molecule has 1 saturated carbocycles. The molecule has 1 aromatic heterocycles. The Balaban J connectivity index is 2.01. The summed E-state index contributed by atoms with van der Waals surface area (Å²) in [6.45, 7) is 0. The first-order valence-electron chi connectivity index (χ1n) is 4.61. The fourth-order valence-corrected chi connectivity index (χ4v) is 2.13. The van der Waals surface area contributed by atoms with Crippen molar-refractivity contribution in [3.8, 4) is 0 Å². The van der Waals surface area contributed by atoms with E-state index in [2.05, 4.69) is 27.0 Å². The van der Waals surface area contributed by atoms with Gasteiger partial charge in [0.05, 0.1) is 0 Å². The Labute approximate surface area is 86.7 Å². The molecule has 0 aromatic carbocycles. The van der Waals surface area contributed by atoms with Gasteiger partial charge in [-0.25, -0.2) is 0 Å². The van der Waals surface area contributed by atoms with E-state index in [1.807, 2.05) is 12.4 Å². The predicted molar refractivity (Wildman–Crippen MR) is 56.3 cm³/mol. The van der Waals surface area contributed by atoms with Gasteiger partial charge in [-0.3, -0.25) is 4.98 Å². The zero-order valence-electron chi connectivity index (χ0n) is 7.41. The zero-order valence-corrected chi connectivity index (χ0v) is 9.00. The number of hydrogen-bond acceptors (Lipinski definition) is 2. The molecule has 0 saturated heterocycles. The minimum atomic E-state index is 0.416. The molecule has 0 amide bonds. The fraction of sp³-hybridized carbons (Fsp3) is 0.500. The van der Waals surface area contributed by atoms with Crippen LogP contribution < -0.4 is 5.73 Å². The molecule has 2 N–H and O–H groups in total. The molecule has 1 aliphatic carbocycles. The largest absolute Gasteiger partial charge is 0.327 e. The van der Waals surface area contributed by atoms with E-state index in [0.717, 1.165) is 10.9 Å². The van der Waals surface area contributed by atoms with Crippen LogP contribution in [0.2, 0.25) is 0 Å². The molecule has 13 heavy (non-hydrogen) atoms. The second-order valence-electron chi connectivity index (χ2n) is 3.72. The maximum Gasteiger partial charge on any atom is 0.0410 e. The lowest BCUT2D eigenvalue weighted by molar-refractivity contribution is 0.255. The van der Waals surface area contributed by atoms with Crippen LogP contribution in [0.4, 0.5) is 0 Å². The summed E-state index contributed by atoms with van der Waals surface area (Å²) < 4.78 is 1.05. The summed E-state index contributed by atoms with van der Waals surface area (Å²) in [6, 6.07) is 2.54. The van der Waals surface area contributed by atoms with Crippen molar-refractivity contribution in [2.24, 2.45) is 11.7 Å². The van der Waals surface area contributed by atoms with Crippen molar-refractivity contribution < 1.29 is 0 Å². The highest BCUT2D eigenvalue weighted by Crippen LogP contribution is 2.29. The van der Waals surface area contributed by atoms with E-state index in [0.29, 0.717) is 12.0 Å². The summed E-state index contributed by atoms with van der Waals surface area (Å²) in [4.78, 5) is 4.13. The summed E-state index contributed by atoms with van der Waals surface area (Å²) in [7, 11) is 0. The quantitative estimate of drug-likeness (QED) is 0.861. The molecule has 0 spiro atoms. The molecule has 1 heterocycles. The molecule has 0 bridgehead atoms. The summed E-state index contributed by atoms with van der Waals surface area (Å²) in [5, 5.41) is 0. The van der Waals surface area contributed by atoms with Crippen molar-refractivity contribution in [2.75, 3.05) is 0 Å². The van der Waals surface area contributed by atoms with Crippen LogP contribution in [0.1, 0.15) is 18.4 Å². The third kappa shape index (κ3) is 2.09. The molecule has 1 aliphatic rings. The third-order valence-corrected chi connectivity index (χ3v) is 3.17. The smallest absolute Gasteiger partial charge is 0.0410 e. The van der Waals surface area contributed by atoms with Crippen LogP contribution in [-0.2, 0) is 6.42 Å². The van der Waals surface area contributed by atoms with Crippen LogP contribution in [0.3, 0.4) is 0 Å². The summed E-state index contributed by atoms with van der Waals surface area (Å²) in [5.41, 5.74) is 7.16. The van der Waals surface area contributed by atoms with E-state index in [1.165, 1.54) is 18.4 Å². The second kappa shape index (κ2) is 3.76. The lowest BCUT2D eigenvalue weighted by Gasteiger charge is -2.33. The highest BCUT2D eigenvalue weighted by atomic mass is 79.9. The number of halogens is 1. The molecule has 2 nitrogen and oxygen atoms in total. The van der Waals surface area contributed by atoms with Gasteiger partial charge in [0.15, 0.2) is 0 Å². The number of rotatable bonds is 2. The van der Waals surface area contributed by atoms with E-state index in [4.69, 9.17) is 5.73 Å². The predicted octanol–water partition coefficient (Wildman–Crippen LogP) is 2.12. The number of hydrogen-bond donors (Lipinski definition) is 1. The zero-order chi connectivity index (χ0) is 9.26. The van der Waals surface area contributed by atoms with Crippen molar-refractivity contribution in [2.45, 2.75) is 25.3 Å². The van der Waals surface area contributed by atoms with Crippen molar-refractivity contribution in [1.82, 2.24) is 4.98 Å². The van der Waals surface area contributed by atoms with Gasteiger partial charge in [-0.2, -0.15) is 0 Å². The first kappa shape index (κ1) is 9.16. The van der Waals surface area contributed by atoms with Crippen molar-refractivity contribution in [3.63, 3.8) is 0 Å². The first-order chi connectivity index (χ1) is 6.25. The van der Waals surface area contributed by atoms with Gasteiger partial charge in [-0.1, -0.05) is 0 Å². The monoisotopic (exact) mass is 240 g/mol. The molecule has 2 rings (SSSR count). The lowest BCUT2D eigenvalue weighted by Crippen LogP contribution is -2.40. The molecule has 2 atom stereocenters. The van der Waals surface area contributed by atoms with Crippen LogP contribution in [0.5, 0.6) is 0 Å². The average molecular weight is 241 g/mol. The highest BCUT2D eigenvalue weighted by molar-refractivity contribution is 9.10.